The first-order valence-corrected chi connectivity index (χ1v) is 10.5. The van der Waals surface area contributed by atoms with Gasteiger partial charge in [-0.2, -0.15) is 23.7 Å². The number of aliphatic hydroxyl groups excluding tert-OH is 1. The normalized spacial score (nSPS) is 20.9. The first-order valence-electron chi connectivity index (χ1n) is 9.37. The summed E-state index contributed by atoms with van der Waals surface area (Å²) < 4.78 is 72.9. The molecule has 1 N–H and O–H groups in total. The first-order chi connectivity index (χ1) is 15.0. The molecule has 1 aliphatic rings. The highest BCUT2D eigenvalue weighted by Gasteiger charge is 2.44. The van der Waals surface area contributed by atoms with Gasteiger partial charge in [-0.3, -0.25) is 0 Å². The number of nitrogens with zero attached hydrogens (tertiary/aromatic N) is 3. The van der Waals surface area contributed by atoms with Crippen LogP contribution in [0.4, 0.5) is 17.6 Å². The van der Waals surface area contributed by atoms with Crippen molar-refractivity contribution in [2.24, 2.45) is 5.92 Å². The van der Waals surface area contributed by atoms with Crippen molar-refractivity contribution in [3.05, 3.63) is 58.9 Å². The van der Waals surface area contributed by atoms with Gasteiger partial charge in [-0.25, -0.2) is 4.39 Å². The van der Waals surface area contributed by atoms with E-state index in [0.717, 1.165) is 18.2 Å². The molecule has 11 heteroatoms. The van der Waals surface area contributed by atoms with E-state index in [1.807, 2.05) is 0 Å². The zero-order valence-electron chi connectivity index (χ0n) is 16.6. The van der Waals surface area contributed by atoms with Crippen LogP contribution in [0.25, 0.3) is 0 Å². The Balaban J connectivity index is 1.83. The van der Waals surface area contributed by atoms with Crippen LogP contribution in [-0.4, -0.2) is 39.3 Å². The fraction of sp³-hybridized carbons (Fsp3) is 0.333. The van der Waals surface area contributed by atoms with Crippen LogP contribution in [0.2, 0.25) is 0 Å². The average Bonchev–Trinajstić information content (AvgIpc) is 3.16. The summed E-state index contributed by atoms with van der Waals surface area (Å²) in [6, 6.07) is 9.40. The number of halogens is 4. The van der Waals surface area contributed by atoms with Gasteiger partial charge in [-0.05, 0) is 37.3 Å². The Morgan fingerprint density at radius 3 is 2.41 bits per heavy atom. The molecule has 0 saturated carbocycles. The molecule has 1 fully saturated rings. The summed E-state index contributed by atoms with van der Waals surface area (Å²) in [5, 5.41) is 28.2. The van der Waals surface area contributed by atoms with Gasteiger partial charge in [-0.1, -0.05) is 0 Å². The van der Waals surface area contributed by atoms with Crippen LogP contribution in [0.3, 0.4) is 0 Å². The molecule has 2 aromatic carbocycles. The Bertz CT molecular complexity index is 1080. The van der Waals surface area contributed by atoms with Gasteiger partial charge in [0.05, 0.1) is 41.7 Å². The highest BCUT2D eigenvalue weighted by atomic mass is 32.2. The van der Waals surface area contributed by atoms with Crippen LogP contribution in [-0.2, 0) is 17.5 Å². The van der Waals surface area contributed by atoms with Crippen LogP contribution in [0.15, 0.2) is 41.3 Å². The summed E-state index contributed by atoms with van der Waals surface area (Å²) in [4.78, 5) is -0.0880. The van der Waals surface area contributed by atoms with E-state index in [4.69, 9.17) is 10.00 Å². The minimum Gasteiger partial charge on any atom is -0.593 e. The van der Waals surface area contributed by atoms with Crippen LogP contribution < -0.4 is 4.74 Å². The predicted octanol–water partition coefficient (Wildman–Crippen LogP) is 3.37. The third kappa shape index (κ3) is 4.97. The van der Waals surface area contributed by atoms with Crippen LogP contribution in [0.1, 0.15) is 23.6 Å². The third-order valence-electron chi connectivity index (χ3n) is 5.09. The number of aliphatic hydroxyl groups is 1. The molecule has 1 saturated heterocycles. The van der Waals surface area contributed by atoms with Crippen molar-refractivity contribution in [2.45, 2.75) is 30.2 Å². The molecule has 6 nitrogen and oxygen atoms in total. The quantitative estimate of drug-likeness (QED) is 0.534. The summed E-state index contributed by atoms with van der Waals surface area (Å²) in [7, 11) is 0. The molecule has 0 aromatic heterocycles. The smallest absolute Gasteiger partial charge is 0.416 e. The predicted molar refractivity (Wildman–Crippen MR) is 105 cm³/mol. The lowest BCUT2D eigenvalue weighted by Gasteiger charge is -2.21. The molecule has 0 aliphatic carbocycles. The average molecular weight is 467 g/mol. The molecule has 32 heavy (non-hydrogen) atoms. The van der Waals surface area contributed by atoms with Gasteiger partial charge < -0.3 is 14.4 Å². The largest absolute Gasteiger partial charge is 0.593 e. The van der Waals surface area contributed by atoms with Gasteiger partial charge >= 0.3 is 6.18 Å². The zero-order chi connectivity index (χ0) is 23.6. The molecule has 168 valence electrons. The number of hydrogen-bond acceptors (Lipinski definition) is 6. The fourth-order valence-electron chi connectivity index (χ4n) is 3.41. The van der Waals surface area contributed by atoms with Gasteiger partial charge in [0.15, 0.2) is 4.90 Å². The molecular weight excluding hydrogens is 450 g/mol. The molecule has 1 heterocycles. The van der Waals surface area contributed by atoms with Crippen molar-refractivity contribution in [2.75, 3.05) is 13.1 Å². The Morgan fingerprint density at radius 2 is 1.84 bits per heavy atom. The Morgan fingerprint density at radius 1 is 1.16 bits per heavy atom. The maximum absolute atomic E-state index is 13.9. The van der Waals surface area contributed by atoms with Gasteiger partial charge in [0.25, 0.3) is 0 Å². The number of benzene rings is 2. The molecule has 3 unspecified atom stereocenters. The van der Waals surface area contributed by atoms with E-state index < -0.39 is 47.0 Å². The number of ether oxygens (including phenoxy) is 1. The van der Waals surface area contributed by atoms with Crippen LogP contribution in [0.5, 0.6) is 5.75 Å². The second-order valence-corrected chi connectivity index (χ2v) is 8.69. The van der Waals surface area contributed by atoms with E-state index >= 15 is 0 Å². The molecule has 0 amide bonds. The molecule has 2 aromatic rings. The Labute approximate surface area is 184 Å². The van der Waals surface area contributed by atoms with Gasteiger partial charge in [0, 0.05) is 12.0 Å². The second kappa shape index (κ2) is 9.35. The number of alkyl halides is 3. The lowest BCUT2D eigenvalue weighted by molar-refractivity contribution is -0.137. The summed E-state index contributed by atoms with van der Waals surface area (Å²) in [5.41, 5.74) is -1.56. The van der Waals surface area contributed by atoms with Gasteiger partial charge in [0.1, 0.15) is 35.4 Å². The van der Waals surface area contributed by atoms with E-state index in [9.17, 15) is 32.5 Å². The highest BCUT2D eigenvalue weighted by molar-refractivity contribution is 7.89. The summed E-state index contributed by atoms with van der Waals surface area (Å²) in [5.74, 6) is -1.21. The molecular formula is C21H17F4N3O3S. The SMILES string of the molecule is CC(O)C1CN([S+]([O-])c2ccc(C(F)(F)F)cc2C#N)C[C@@H]1Oc1ccc(C#N)c(F)c1. The van der Waals surface area contributed by atoms with Crippen molar-refractivity contribution in [3.8, 4) is 17.9 Å². The maximum atomic E-state index is 13.9. The van der Waals surface area contributed by atoms with Crippen molar-refractivity contribution >= 4 is 11.4 Å². The Kier molecular flexibility index (Phi) is 6.96. The minimum absolute atomic E-state index is 0.00961. The topological polar surface area (TPSA) is 103 Å². The molecule has 1 aliphatic heterocycles. The van der Waals surface area contributed by atoms with Gasteiger partial charge in [0.2, 0.25) is 0 Å². The maximum Gasteiger partial charge on any atom is 0.416 e. The van der Waals surface area contributed by atoms with Crippen molar-refractivity contribution in [3.63, 3.8) is 0 Å². The van der Waals surface area contributed by atoms with Crippen molar-refractivity contribution < 1.29 is 32.0 Å². The molecule has 0 spiro atoms. The summed E-state index contributed by atoms with van der Waals surface area (Å²) in [6.07, 6.45) is -6.26. The molecule has 3 rings (SSSR count). The van der Waals surface area contributed by atoms with Crippen molar-refractivity contribution in [1.82, 2.24) is 4.31 Å². The standard InChI is InChI=1S/C21H17F4N3O3S/c1-12(29)17-10-28(11-19(17)31-16-4-2-13(8-26)18(22)7-16)32(30)20-5-3-15(21(23,24)25)6-14(20)9-27/h2-7,12,17,19,29H,10-11H2,1H3/t12?,17?,19-,32?/m0/s1. The van der Waals surface area contributed by atoms with Crippen molar-refractivity contribution in [1.29, 1.82) is 10.5 Å². The minimum atomic E-state index is -4.65. The molecule has 0 bridgehead atoms. The highest BCUT2D eigenvalue weighted by Crippen LogP contribution is 2.34. The lowest BCUT2D eigenvalue weighted by atomic mass is 10.0. The summed E-state index contributed by atoms with van der Waals surface area (Å²) in [6.45, 7) is 1.58. The third-order valence-corrected chi connectivity index (χ3v) is 6.59. The number of nitriles is 2. The fourth-order valence-corrected chi connectivity index (χ4v) is 4.75. The molecule has 0 radical (unpaired) electrons. The molecule has 4 atom stereocenters. The monoisotopic (exact) mass is 467 g/mol. The van der Waals surface area contributed by atoms with E-state index in [2.05, 4.69) is 0 Å². The number of hydrogen-bond donors (Lipinski definition) is 1. The Hall–Kier alpha value is -2.83. The van der Waals surface area contributed by atoms with E-state index in [-0.39, 0.29) is 34.9 Å². The second-order valence-electron chi connectivity index (χ2n) is 7.23. The van der Waals surface area contributed by atoms with E-state index in [0.29, 0.717) is 6.07 Å². The van der Waals surface area contributed by atoms with Gasteiger partial charge in [-0.15, -0.1) is 4.31 Å². The summed E-state index contributed by atoms with van der Waals surface area (Å²) >= 11 is -2.00. The number of rotatable bonds is 5. The van der Waals surface area contributed by atoms with Crippen LogP contribution >= 0.6 is 0 Å². The van der Waals surface area contributed by atoms with E-state index in [1.54, 1.807) is 12.1 Å². The lowest BCUT2D eigenvalue weighted by Crippen LogP contribution is -2.33. The van der Waals surface area contributed by atoms with Crippen LogP contribution in [0, 0.1) is 34.4 Å². The zero-order valence-corrected chi connectivity index (χ0v) is 17.5. The first kappa shape index (κ1) is 23.8. The van der Waals surface area contributed by atoms with E-state index in [1.165, 1.54) is 23.4 Å².